The topological polar surface area (TPSA) is 74.6 Å². The standard InChI is InChI=1S/C21H23N3O4/c1-24-11-10-22-20(24)14-28-17-6-4-16(5-7-17)23-21(25)13-15-12-18(26-2)8-9-19(15)27-3/h4-12H,13-14H2,1-3H3,(H,23,25). The van der Waals surface area contributed by atoms with Crippen molar-refractivity contribution < 1.29 is 19.0 Å². The number of aryl methyl sites for hydroxylation is 1. The van der Waals surface area contributed by atoms with Crippen LogP contribution in [0.5, 0.6) is 17.2 Å². The number of carbonyl (C=O) groups excluding carboxylic acids is 1. The predicted molar refractivity (Wildman–Crippen MR) is 106 cm³/mol. The molecule has 7 nitrogen and oxygen atoms in total. The van der Waals surface area contributed by atoms with Gasteiger partial charge in [0, 0.05) is 30.7 Å². The lowest BCUT2D eigenvalue weighted by atomic mass is 10.1. The normalized spacial score (nSPS) is 10.4. The highest BCUT2D eigenvalue weighted by molar-refractivity contribution is 5.92. The second-order valence-corrected chi connectivity index (χ2v) is 6.17. The van der Waals surface area contributed by atoms with Gasteiger partial charge in [0.15, 0.2) is 0 Å². The van der Waals surface area contributed by atoms with Gasteiger partial charge in [-0.2, -0.15) is 0 Å². The van der Waals surface area contributed by atoms with Crippen LogP contribution in [0.4, 0.5) is 5.69 Å². The number of hydrogen-bond acceptors (Lipinski definition) is 5. The molecule has 2 aromatic carbocycles. The fraction of sp³-hybridized carbons (Fsp3) is 0.238. The van der Waals surface area contributed by atoms with Gasteiger partial charge in [-0.25, -0.2) is 4.98 Å². The lowest BCUT2D eigenvalue weighted by Crippen LogP contribution is -2.15. The van der Waals surface area contributed by atoms with E-state index in [0.717, 1.165) is 11.4 Å². The van der Waals surface area contributed by atoms with Crippen LogP contribution in [-0.4, -0.2) is 29.7 Å². The first kappa shape index (κ1) is 19.3. The summed E-state index contributed by atoms with van der Waals surface area (Å²) in [5.41, 5.74) is 1.45. The molecule has 0 radical (unpaired) electrons. The maximum absolute atomic E-state index is 12.4. The largest absolute Gasteiger partial charge is 0.497 e. The highest BCUT2D eigenvalue weighted by atomic mass is 16.5. The first-order valence-electron chi connectivity index (χ1n) is 8.79. The number of carbonyl (C=O) groups is 1. The molecule has 0 saturated heterocycles. The summed E-state index contributed by atoms with van der Waals surface area (Å²) in [6, 6.07) is 12.6. The molecule has 0 atom stereocenters. The second-order valence-electron chi connectivity index (χ2n) is 6.17. The van der Waals surface area contributed by atoms with Crippen molar-refractivity contribution in [3.05, 3.63) is 66.2 Å². The van der Waals surface area contributed by atoms with Crippen LogP contribution in [0.3, 0.4) is 0 Å². The van der Waals surface area contributed by atoms with E-state index in [1.807, 2.05) is 29.9 Å². The van der Waals surface area contributed by atoms with Crippen LogP contribution < -0.4 is 19.5 Å². The zero-order valence-corrected chi connectivity index (χ0v) is 16.1. The van der Waals surface area contributed by atoms with Gasteiger partial charge in [-0.3, -0.25) is 4.79 Å². The molecule has 7 heteroatoms. The molecule has 0 unspecified atom stereocenters. The molecule has 146 valence electrons. The van der Waals surface area contributed by atoms with Gasteiger partial charge in [0.1, 0.15) is 29.7 Å². The van der Waals surface area contributed by atoms with Crippen LogP contribution in [0, 0.1) is 0 Å². The van der Waals surface area contributed by atoms with Gasteiger partial charge in [0.25, 0.3) is 0 Å². The van der Waals surface area contributed by atoms with E-state index in [1.165, 1.54) is 0 Å². The molecule has 1 heterocycles. The highest BCUT2D eigenvalue weighted by Gasteiger charge is 2.11. The number of rotatable bonds is 8. The van der Waals surface area contributed by atoms with Crippen molar-refractivity contribution in [3.63, 3.8) is 0 Å². The van der Waals surface area contributed by atoms with Gasteiger partial charge in [-0.1, -0.05) is 0 Å². The van der Waals surface area contributed by atoms with Gasteiger partial charge < -0.3 is 24.1 Å². The van der Waals surface area contributed by atoms with Gasteiger partial charge in [0.05, 0.1) is 20.6 Å². The summed E-state index contributed by atoms with van der Waals surface area (Å²) in [4.78, 5) is 16.6. The molecule has 3 rings (SSSR count). The van der Waals surface area contributed by atoms with Crippen molar-refractivity contribution in [2.75, 3.05) is 19.5 Å². The Kier molecular flexibility index (Phi) is 6.16. The second kappa shape index (κ2) is 8.94. The molecule has 0 bridgehead atoms. The highest BCUT2D eigenvalue weighted by Crippen LogP contribution is 2.25. The van der Waals surface area contributed by atoms with Crippen LogP contribution in [0.25, 0.3) is 0 Å². The van der Waals surface area contributed by atoms with Crippen molar-refractivity contribution in [1.82, 2.24) is 9.55 Å². The molecule has 0 spiro atoms. The summed E-state index contributed by atoms with van der Waals surface area (Å²) >= 11 is 0. The van der Waals surface area contributed by atoms with Crippen LogP contribution in [0.15, 0.2) is 54.9 Å². The molecule has 0 saturated carbocycles. The van der Waals surface area contributed by atoms with E-state index in [0.29, 0.717) is 29.5 Å². The number of nitrogens with one attached hydrogen (secondary N) is 1. The third kappa shape index (κ3) is 4.82. The first-order valence-corrected chi connectivity index (χ1v) is 8.79. The Bertz CT molecular complexity index is 935. The minimum Gasteiger partial charge on any atom is -0.497 e. The Morgan fingerprint density at radius 2 is 1.82 bits per heavy atom. The van der Waals surface area contributed by atoms with Gasteiger partial charge in [-0.05, 0) is 42.5 Å². The number of anilines is 1. The smallest absolute Gasteiger partial charge is 0.228 e. The van der Waals surface area contributed by atoms with E-state index in [4.69, 9.17) is 14.2 Å². The first-order chi connectivity index (χ1) is 13.6. The van der Waals surface area contributed by atoms with Crippen LogP contribution in [0.1, 0.15) is 11.4 Å². The molecule has 3 aromatic rings. The number of nitrogens with zero attached hydrogens (tertiary/aromatic N) is 2. The number of aromatic nitrogens is 2. The summed E-state index contributed by atoms with van der Waals surface area (Å²) in [7, 11) is 5.08. The van der Waals surface area contributed by atoms with Gasteiger partial charge in [-0.15, -0.1) is 0 Å². The van der Waals surface area contributed by atoms with E-state index in [9.17, 15) is 4.79 Å². The minimum absolute atomic E-state index is 0.145. The fourth-order valence-corrected chi connectivity index (χ4v) is 2.72. The molecular formula is C21H23N3O4. The Labute approximate surface area is 163 Å². The fourth-order valence-electron chi connectivity index (χ4n) is 2.72. The average molecular weight is 381 g/mol. The Morgan fingerprint density at radius 3 is 2.46 bits per heavy atom. The van der Waals surface area contributed by atoms with E-state index in [1.54, 1.807) is 50.7 Å². The molecule has 0 aliphatic rings. The number of hydrogen-bond donors (Lipinski definition) is 1. The maximum Gasteiger partial charge on any atom is 0.228 e. The van der Waals surface area contributed by atoms with Gasteiger partial charge >= 0.3 is 0 Å². The number of benzene rings is 2. The number of methoxy groups -OCH3 is 2. The van der Waals surface area contributed by atoms with E-state index >= 15 is 0 Å². The third-order valence-corrected chi connectivity index (χ3v) is 4.27. The number of amides is 1. The van der Waals surface area contributed by atoms with Crippen LogP contribution in [0.2, 0.25) is 0 Å². The SMILES string of the molecule is COc1ccc(OC)c(CC(=O)Nc2ccc(OCc3nccn3C)cc2)c1. The third-order valence-electron chi connectivity index (χ3n) is 4.27. The van der Waals surface area contributed by atoms with Crippen molar-refractivity contribution in [1.29, 1.82) is 0 Å². The monoisotopic (exact) mass is 381 g/mol. The van der Waals surface area contributed by atoms with E-state index < -0.39 is 0 Å². The van der Waals surface area contributed by atoms with E-state index in [-0.39, 0.29) is 12.3 Å². The summed E-state index contributed by atoms with van der Waals surface area (Å²) in [5, 5.41) is 2.88. The van der Waals surface area contributed by atoms with Crippen molar-refractivity contribution >= 4 is 11.6 Å². The summed E-state index contributed by atoms with van der Waals surface area (Å²) in [5.74, 6) is 2.72. The summed E-state index contributed by atoms with van der Waals surface area (Å²) in [6.45, 7) is 0.380. The lowest BCUT2D eigenvalue weighted by Gasteiger charge is -2.11. The van der Waals surface area contributed by atoms with Crippen molar-refractivity contribution in [3.8, 4) is 17.2 Å². The lowest BCUT2D eigenvalue weighted by molar-refractivity contribution is -0.115. The Hall–Kier alpha value is -3.48. The van der Waals surface area contributed by atoms with Crippen molar-refractivity contribution in [2.24, 2.45) is 7.05 Å². The van der Waals surface area contributed by atoms with Crippen LogP contribution >= 0.6 is 0 Å². The molecule has 1 aromatic heterocycles. The Balaban J connectivity index is 1.58. The zero-order valence-electron chi connectivity index (χ0n) is 16.1. The van der Waals surface area contributed by atoms with Crippen molar-refractivity contribution in [2.45, 2.75) is 13.0 Å². The quantitative estimate of drug-likeness (QED) is 0.649. The Morgan fingerprint density at radius 1 is 1.07 bits per heavy atom. The molecular weight excluding hydrogens is 358 g/mol. The summed E-state index contributed by atoms with van der Waals surface area (Å²) < 4.78 is 18.2. The number of imidazole rings is 1. The van der Waals surface area contributed by atoms with Gasteiger partial charge in [0.2, 0.25) is 5.91 Å². The van der Waals surface area contributed by atoms with E-state index in [2.05, 4.69) is 10.3 Å². The molecule has 0 aliphatic heterocycles. The average Bonchev–Trinajstić information content (AvgIpc) is 3.12. The number of ether oxygens (including phenoxy) is 3. The zero-order chi connectivity index (χ0) is 19.9. The minimum atomic E-state index is -0.145. The molecule has 1 amide bonds. The maximum atomic E-state index is 12.4. The molecule has 0 fully saturated rings. The molecule has 1 N–H and O–H groups in total. The van der Waals surface area contributed by atoms with Crippen LogP contribution in [-0.2, 0) is 24.9 Å². The molecule has 28 heavy (non-hydrogen) atoms. The predicted octanol–water partition coefficient (Wildman–Crippen LogP) is 3.20. The summed E-state index contributed by atoms with van der Waals surface area (Å²) in [6.07, 6.45) is 3.78. The molecule has 0 aliphatic carbocycles.